The molecule has 46 valence electrons. The molecule has 1 N–H and O–H groups in total. The lowest BCUT2D eigenvalue weighted by Gasteiger charge is -1.70. The molecule has 0 atom stereocenters. The van der Waals surface area contributed by atoms with E-state index in [0.717, 1.165) is 8.43 Å². The van der Waals surface area contributed by atoms with Gasteiger partial charge in [-0.05, 0) is 38.5 Å². The Kier molecular flexibility index (Phi) is 4.01. The predicted molar refractivity (Wildman–Crippen MR) is 46.3 cm³/mol. The van der Waals surface area contributed by atoms with Crippen molar-refractivity contribution >= 4 is 50.9 Å². The minimum absolute atomic E-state index is 0. The number of nitrogens with zero attached hydrogens (tertiary/aromatic N) is 1. The molecule has 0 bridgehead atoms. The summed E-state index contributed by atoms with van der Waals surface area (Å²) in [7, 11) is 0. The molecule has 0 aliphatic carbocycles. The molecule has 0 amide bonds. The number of nitrogens with one attached hydrogen (secondary N) is 1. The van der Waals surface area contributed by atoms with Crippen LogP contribution in [0.3, 0.4) is 0 Å². The summed E-state index contributed by atoms with van der Waals surface area (Å²) in [6.45, 7) is 0. The van der Waals surface area contributed by atoms with Crippen molar-refractivity contribution in [3.63, 3.8) is 0 Å². The van der Waals surface area contributed by atoms with Crippen molar-refractivity contribution in [2.45, 2.75) is 0 Å². The van der Waals surface area contributed by atoms with Gasteiger partial charge in [0.2, 0.25) is 0 Å². The maximum absolute atomic E-state index is 3.90. The van der Waals surface area contributed by atoms with Gasteiger partial charge in [0.25, 0.3) is 0 Å². The van der Waals surface area contributed by atoms with Gasteiger partial charge in [-0.2, -0.15) is 0 Å². The number of halogens is 3. The molecule has 5 heteroatoms. The molecule has 0 fully saturated rings. The molecule has 0 radical (unpaired) electrons. The zero-order chi connectivity index (χ0) is 5.28. The Balaban J connectivity index is 0.000000490. The van der Waals surface area contributed by atoms with Crippen LogP contribution in [0, 0.1) is 3.83 Å². The minimum atomic E-state index is 0. The van der Waals surface area contributed by atoms with E-state index < -0.39 is 0 Å². The van der Waals surface area contributed by atoms with E-state index in [0.29, 0.717) is 0 Å². The molecule has 1 rings (SSSR count). The first-order chi connectivity index (χ1) is 3.29. The van der Waals surface area contributed by atoms with E-state index in [2.05, 4.69) is 48.5 Å². The number of hydrogen-bond donors (Lipinski definition) is 1. The van der Waals surface area contributed by atoms with Gasteiger partial charge in [-0.3, -0.25) is 0 Å². The molecule has 2 nitrogen and oxygen atoms in total. The van der Waals surface area contributed by atoms with Crippen LogP contribution in [0.4, 0.5) is 0 Å². The third kappa shape index (κ3) is 2.32. The maximum Gasteiger partial charge on any atom is 0.169 e. The molecule has 0 spiro atoms. The molecule has 0 aromatic carbocycles. The van der Waals surface area contributed by atoms with Gasteiger partial charge < -0.3 is 4.98 Å². The highest BCUT2D eigenvalue weighted by atomic mass is 127. The van der Waals surface area contributed by atoms with Crippen LogP contribution in [0.15, 0.2) is 10.8 Å². The minimum Gasteiger partial charge on any atom is -0.328 e. The topological polar surface area (TPSA) is 28.7 Å². The number of hydrogen-bond acceptors (Lipinski definition) is 1. The summed E-state index contributed by atoms with van der Waals surface area (Å²) in [6, 6.07) is 0. The van der Waals surface area contributed by atoms with Gasteiger partial charge in [-0.25, -0.2) is 4.98 Å². The third-order valence-electron chi connectivity index (χ3n) is 0.514. The number of H-pyrrole nitrogens is 1. The largest absolute Gasteiger partial charge is 0.328 e. The van der Waals surface area contributed by atoms with Crippen molar-refractivity contribution in [1.82, 2.24) is 9.97 Å². The molecule has 0 aliphatic heterocycles. The van der Waals surface area contributed by atoms with Crippen molar-refractivity contribution in [2.75, 3.05) is 0 Å². The first kappa shape index (κ1) is 8.71. The standard InChI is InChI=1S/C3H2BrIN2.ClH/c4-2-1-6-3(5)7-2;/h1H,(H,6,7);1H. The third-order valence-corrected chi connectivity index (χ3v) is 1.47. The lowest BCUT2D eigenvalue weighted by atomic mass is 11.0. The maximum atomic E-state index is 3.90. The normalized spacial score (nSPS) is 8.25. The summed E-state index contributed by atoms with van der Waals surface area (Å²) in [6.07, 6.45) is 1.72. The fraction of sp³-hybridized carbons (Fsp3) is 0. The van der Waals surface area contributed by atoms with Gasteiger partial charge in [-0.15, -0.1) is 12.4 Å². The first-order valence-electron chi connectivity index (χ1n) is 1.65. The Hall–Kier alpha value is 0.710. The second kappa shape index (κ2) is 3.68. The van der Waals surface area contributed by atoms with E-state index in [1.807, 2.05) is 0 Å². The second-order valence-corrected chi connectivity index (χ2v) is 2.90. The second-order valence-electron chi connectivity index (χ2n) is 1.02. The van der Waals surface area contributed by atoms with Crippen LogP contribution in [0.25, 0.3) is 0 Å². The fourth-order valence-corrected chi connectivity index (χ4v) is 1.37. The highest BCUT2D eigenvalue weighted by molar-refractivity contribution is 14.1. The van der Waals surface area contributed by atoms with Crippen molar-refractivity contribution in [2.24, 2.45) is 0 Å². The SMILES string of the molecule is Brc1cnc(I)[nH]1.Cl. The van der Waals surface area contributed by atoms with Crippen molar-refractivity contribution in [3.8, 4) is 0 Å². The van der Waals surface area contributed by atoms with Crippen molar-refractivity contribution < 1.29 is 0 Å². The zero-order valence-electron chi connectivity index (χ0n) is 3.69. The van der Waals surface area contributed by atoms with E-state index in [9.17, 15) is 0 Å². The van der Waals surface area contributed by atoms with E-state index >= 15 is 0 Å². The number of aromatic amines is 1. The molecule has 1 aromatic rings. The molecule has 0 aliphatic rings. The van der Waals surface area contributed by atoms with Crippen LogP contribution in [0.5, 0.6) is 0 Å². The molecular formula is C3H3BrClIN2. The van der Waals surface area contributed by atoms with Gasteiger partial charge in [0.05, 0.1) is 6.20 Å². The molecule has 0 saturated carbocycles. The van der Waals surface area contributed by atoms with Gasteiger partial charge in [-0.1, -0.05) is 0 Å². The van der Waals surface area contributed by atoms with Gasteiger partial charge >= 0.3 is 0 Å². The molecule has 0 saturated heterocycles. The van der Waals surface area contributed by atoms with Crippen molar-refractivity contribution in [3.05, 3.63) is 14.6 Å². The predicted octanol–water partition coefficient (Wildman–Crippen LogP) is 2.20. The number of imidazole rings is 1. The first-order valence-corrected chi connectivity index (χ1v) is 3.52. The quantitative estimate of drug-likeness (QED) is 0.731. The van der Waals surface area contributed by atoms with Crippen molar-refractivity contribution in [1.29, 1.82) is 0 Å². The summed E-state index contributed by atoms with van der Waals surface area (Å²) in [5.41, 5.74) is 0. The lowest BCUT2D eigenvalue weighted by Crippen LogP contribution is -1.66. The monoisotopic (exact) mass is 308 g/mol. The molecular weight excluding hydrogens is 306 g/mol. The van der Waals surface area contributed by atoms with E-state index in [1.54, 1.807) is 6.20 Å². The van der Waals surface area contributed by atoms with Crippen LogP contribution < -0.4 is 0 Å². The average Bonchev–Trinajstić information content (AvgIpc) is 1.87. The Morgan fingerprint density at radius 3 is 2.50 bits per heavy atom. The van der Waals surface area contributed by atoms with E-state index in [1.165, 1.54) is 0 Å². The summed E-state index contributed by atoms with van der Waals surface area (Å²) in [4.78, 5) is 6.83. The summed E-state index contributed by atoms with van der Waals surface area (Å²) >= 11 is 5.31. The lowest BCUT2D eigenvalue weighted by molar-refractivity contribution is 1.22. The van der Waals surface area contributed by atoms with Crippen LogP contribution in [-0.2, 0) is 0 Å². The van der Waals surface area contributed by atoms with Gasteiger partial charge in [0, 0.05) is 0 Å². The Bertz CT molecular complexity index is 150. The van der Waals surface area contributed by atoms with E-state index in [-0.39, 0.29) is 12.4 Å². The summed E-state index contributed by atoms with van der Waals surface area (Å²) in [5, 5.41) is 0. The van der Waals surface area contributed by atoms with Gasteiger partial charge in [0.1, 0.15) is 4.60 Å². The highest BCUT2D eigenvalue weighted by Crippen LogP contribution is 2.05. The van der Waals surface area contributed by atoms with Crippen LogP contribution in [0.1, 0.15) is 0 Å². The molecule has 1 heterocycles. The van der Waals surface area contributed by atoms with E-state index in [4.69, 9.17) is 0 Å². The number of rotatable bonds is 0. The zero-order valence-corrected chi connectivity index (χ0v) is 8.25. The highest BCUT2D eigenvalue weighted by Gasteiger charge is 1.87. The molecule has 0 unspecified atom stereocenters. The smallest absolute Gasteiger partial charge is 0.169 e. The van der Waals surface area contributed by atoms with Gasteiger partial charge in [0.15, 0.2) is 3.83 Å². The molecule has 8 heavy (non-hydrogen) atoms. The Morgan fingerprint density at radius 1 is 1.75 bits per heavy atom. The Morgan fingerprint density at radius 2 is 2.38 bits per heavy atom. The summed E-state index contributed by atoms with van der Waals surface area (Å²) < 4.78 is 1.83. The van der Waals surface area contributed by atoms with Crippen LogP contribution >= 0.6 is 50.9 Å². The number of aromatic nitrogens is 2. The van der Waals surface area contributed by atoms with Crippen LogP contribution in [-0.4, -0.2) is 9.97 Å². The molecule has 1 aromatic heterocycles. The summed E-state index contributed by atoms with van der Waals surface area (Å²) in [5.74, 6) is 0. The Labute approximate surface area is 75.1 Å². The average molecular weight is 309 g/mol. The fourth-order valence-electron chi connectivity index (χ4n) is 0.276. The van der Waals surface area contributed by atoms with Crippen LogP contribution in [0.2, 0.25) is 0 Å².